The number of hydrogen-bond acceptors (Lipinski definition) is 3. The van der Waals surface area contributed by atoms with Crippen molar-refractivity contribution in [3.05, 3.63) is 0 Å². The van der Waals surface area contributed by atoms with Gasteiger partial charge in [0.25, 0.3) is 0 Å². The average Bonchev–Trinajstić information content (AvgIpc) is 2.03. The minimum absolute atomic E-state index is 0.838. The second-order valence-corrected chi connectivity index (χ2v) is 3.28. The first-order valence-electron chi connectivity index (χ1n) is 4.19. The molecule has 0 atom stereocenters. The van der Waals surface area contributed by atoms with Crippen LogP contribution in [0.2, 0.25) is 0 Å². The fourth-order valence-electron chi connectivity index (χ4n) is 0.743. The molecule has 0 aromatic rings. The SMILES string of the molecule is CCOCCCNCCSC. The molecular formula is C8H19NOS. The molecule has 11 heavy (non-hydrogen) atoms. The Hall–Kier alpha value is 0.270. The molecule has 0 rings (SSSR count). The highest BCUT2D eigenvalue weighted by Crippen LogP contribution is 1.87. The first kappa shape index (κ1) is 11.3. The molecule has 0 bridgehead atoms. The summed E-state index contributed by atoms with van der Waals surface area (Å²) in [5.41, 5.74) is 0. The first-order chi connectivity index (χ1) is 5.41. The predicted octanol–water partition coefficient (Wildman–Crippen LogP) is 1.37. The van der Waals surface area contributed by atoms with Gasteiger partial charge in [-0.15, -0.1) is 0 Å². The fourth-order valence-corrected chi connectivity index (χ4v) is 1.09. The Balaban J connectivity index is 2.69. The number of rotatable bonds is 8. The minimum Gasteiger partial charge on any atom is -0.382 e. The zero-order valence-corrected chi connectivity index (χ0v) is 8.38. The van der Waals surface area contributed by atoms with Crippen LogP contribution in [-0.2, 0) is 4.74 Å². The fraction of sp³-hybridized carbons (Fsp3) is 1.00. The van der Waals surface area contributed by atoms with Crippen LogP contribution in [0.15, 0.2) is 0 Å². The van der Waals surface area contributed by atoms with Gasteiger partial charge in [0.1, 0.15) is 0 Å². The van der Waals surface area contributed by atoms with E-state index < -0.39 is 0 Å². The van der Waals surface area contributed by atoms with Gasteiger partial charge >= 0.3 is 0 Å². The molecular weight excluding hydrogens is 158 g/mol. The lowest BCUT2D eigenvalue weighted by Gasteiger charge is -2.02. The summed E-state index contributed by atoms with van der Waals surface area (Å²) in [5, 5.41) is 3.34. The molecule has 0 aliphatic heterocycles. The van der Waals surface area contributed by atoms with E-state index in [0.717, 1.165) is 32.7 Å². The minimum atomic E-state index is 0.838. The van der Waals surface area contributed by atoms with E-state index in [1.165, 1.54) is 5.75 Å². The Morgan fingerprint density at radius 1 is 1.36 bits per heavy atom. The Morgan fingerprint density at radius 3 is 2.82 bits per heavy atom. The zero-order chi connectivity index (χ0) is 8.36. The monoisotopic (exact) mass is 177 g/mol. The predicted molar refractivity (Wildman–Crippen MR) is 52.4 cm³/mol. The van der Waals surface area contributed by atoms with E-state index in [1.54, 1.807) is 0 Å². The van der Waals surface area contributed by atoms with Crippen LogP contribution in [0.5, 0.6) is 0 Å². The summed E-state index contributed by atoms with van der Waals surface area (Å²) in [4.78, 5) is 0. The molecule has 3 heteroatoms. The van der Waals surface area contributed by atoms with Crippen LogP contribution >= 0.6 is 11.8 Å². The summed E-state index contributed by atoms with van der Waals surface area (Å²) >= 11 is 1.88. The maximum absolute atomic E-state index is 5.19. The quantitative estimate of drug-likeness (QED) is 0.566. The highest BCUT2D eigenvalue weighted by Gasteiger charge is 1.86. The Bertz CT molecular complexity index is 63.1. The highest BCUT2D eigenvalue weighted by molar-refractivity contribution is 7.98. The van der Waals surface area contributed by atoms with E-state index in [-0.39, 0.29) is 0 Å². The van der Waals surface area contributed by atoms with Crippen molar-refractivity contribution in [2.45, 2.75) is 13.3 Å². The van der Waals surface area contributed by atoms with Crippen LogP contribution in [0, 0.1) is 0 Å². The maximum Gasteiger partial charge on any atom is 0.0477 e. The third kappa shape index (κ3) is 10.3. The van der Waals surface area contributed by atoms with Crippen molar-refractivity contribution in [1.29, 1.82) is 0 Å². The number of ether oxygens (including phenoxy) is 1. The molecule has 0 amide bonds. The van der Waals surface area contributed by atoms with Crippen molar-refractivity contribution in [3.8, 4) is 0 Å². The molecule has 0 aromatic heterocycles. The van der Waals surface area contributed by atoms with Crippen LogP contribution < -0.4 is 5.32 Å². The third-order valence-electron chi connectivity index (χ3n) is 1.33. The van der Waals surface area contributed by atoms with Gasteiger partial charge in [-0.3, -0.25) is 0 Å². The van der Waals surface area contributed by atoms with Crippen molar-refractivity contribution in [3.63, 3.8) is 0 Å². The van der Waals surface area contributed by atoms with Crippen LogP contribution in [-0.4, -0.2) is 38.3 Å². The lowest BCUT2D eigenvalue weighted by atomic mass is 10.4. The summed E-state index contributed by atoms with van der Waals surface area (Å²) in [6, 6.07) is 0. The normalized spacial score (nSPS) is 10.4. The highest BCUT2D eigenvalue weighted by atomic mass is 32.2. The van der Waals surface area contributed by atoms with Crippen LogP contribution in [0.3, 0.4) is 0 Å². The van der Waals surface area contributed by atoms with E-state index in [2.05, 4.69) is 11.6 Å². The molecule has 0 aliphatic rings. The van der Waals surface area contributed by atoms with Crippen LogP contribution in [0.25, 0.3) is 0 Å². The summed E-state index contributed by atoms with van der Waals surface area (Å²) in [7, 11) is 0. The van der Waals surface area contributed by atoms with Gasteiger partial charge in [-0.25, -0.2) is 0 Å². The van der Waals surface area contributed by atoms with Gasteiger partial charge in [0.05, 0.1) is 0 Å². The van der Waals surface area contributed by atoms with Gasteiger partial charge in [-0.05, 0) is 26.1 Å². The Morgan fingerprint density at radius 2 is 2.18 bits per heavy atom. The molecule has 0 fully saturated rings. The van der Waals surface area contributed by atoms with Crippen molar-refractivity contribution in [2.24, 2.45) is 0 Å². The Labute approximate surface area is 74.1 Å². The summed E-state index contributed by atoms with van der Waals surface area (Å²) in [6.45, 7) is 5.96. The van der Waals surface area contributed by atoms with Crippen molar-refractivity contribution >= 4 is 11.8 Å². The van der Waals surface area contributed by atoms with Crippen LogP contribution in [0.4, 0.5) is 0 Å². The van der Waals surface area contributed by atoms with Crippen LogP contribution in [0.1, 0.15) is 13.3 Å². The van der Waals surface area contributed by atoms with Gasteiger partial charge < -0.3 is 10.1 Å². The van der Waals surface area contributed by atoms with Gasteiger partial charge in [0.15, 0.2) is 0 Å². The lowest BCUT2D eigenvalue weighted by Crippen LogP contribution is -2.19. The number of hydrogen-bond donors (Lipinski definition) is 1. The second kappa shape index (κ2) is 10.3. The summed E-state index contributed by atoms with van der Waals surface area (Å²) in [5.74, 6) is 1.20. The second-order valence-electron chi connectivity index (χ2n) is 2.29. The summed E-state index contributed by atoms with van der Waals surface area (Å²) in [6.07, 6.45) is 3.25. The third-order valence-corrected chi connectivity index (χ3v) is 1.94. The molecule has 68 valence electrons. The molecule has 2 nitrogen and oxygen atoms in total. The van der Waals surface area contributed by atoms with E-state index in [0.29, 0.717) is 0 Å². The van der Waals surface area contributed by atoms with Gasteiger partial charge in [-0.1, -0.05) is 0 Å². The van der Waals surface area contributed by atoms with Gasteiger partial charge in [0.2, 0.25) is 0 Å². The molecule has 0 spiro atoms. The Kier molecular flexibility index (Phi) is 10.5. The average molecular weight is 177 g/mol. The molecule has 0 unspecified atom stereocenters. The van der Waals surface area contributed by atoms with E-state index >= 15 is 0 Å². The van der Waals surface area contributed by atoms with Gasteiger partial charge in [-0.2, -0.15) is 11.8 Å². The smallest absolute Gasteiger partial charge is 0.0477 e. The molecule has 0 radical (unpaired) electrons. The van der Waals surface area contributed by atoms with Crippen molar-refractivity contribution in [2.75, 3.05) is 38.3 Å². The van der Waals surface area contributed by atoms with Crippen molar-refractivity contribution < 1.29 is 4.74 Å². The lowest BCUT2D eigenvalue weighted by molar-refractivity contribution is 0.145. The zero-order valence-electron chi connectivity index (χ0n) is 7.56. The number of nitrogens with one attached hydrogen (secondary N) is 1. The molecule has 0 saturated heterocycles. The topological polar surface area (TPSA) is 21.3 Å². The summed E-state index contributed by atoms with van der Waals surface area (Å²) < 4.78 is 5.19. The maximum atomic E-state index is 5.19. The molecule has 0 aromatic carbocycles. The largest absolute Gasteiger partial charge is 0.382 e. The molecule has 1 N–H and O–H groups in total. The van der Waals surface area contributed by atoms with E-state index in [9.17, 15) is 0 Å². The molecule has 0 heterocycles. The van der Waals surface area contributed by atoms with Crippen molar-refractivity contribution in [1.82, 2.24) is 5.32 Å². The number of thioether (sulfide) groups is 1. The van der Waals surface area contributed by atoms with Gasteiger partial charge in [0, 0.05) is 25.5 Å². The molecule has 0 aliphatic carbocycles. The first-order valence-corrected chi connectivity index (χ1v) is 5.58. The molecule has 0 saturated carbocycles. The van der Waals surface area contributed by atoms with E-state index in [1.807, 2.05) is 18.7 Å². The standard InChI is InChI=1S/C8H19NOS/c1-3-10-7-4-5-9-6-8-11-2/h9H,3-8H2,1-2H3. The van der Waals surface area contributed by atoms with E-state index in [4.69, 9.17) is 4.74 Å².